The van der Waals surface area contributed by atoms with Crippen LogP contribution < -0.4 is 0 Å². The van der Waals surface area contributed by atoms with Gasteiger partial charge in [0.1, 0.15) is 5.82 Å². The topological polar surface area (TPSA) is 63.7 Å². The number of sulfonamides is 1. The van der Waals surface area contributed by atoms with Crippen molar-refractivity contribution in [2.75, 3.05) is 19.7 Å². The smallest absolute Gasteiger partial charge is 0.313 e. The van der Waals surface area contributed by atoms with E-state index in [0.717, 1.165) is 11.6 Å². The summed E-state index contributed by atoms with van der Waals surface area (Å²) in [7, 11) is -3.91. The fraction of sp³-hybridized carbons (Fsp3) is 0.381. The Morgan fingerprint density at radius 1 is 1.18 bits per heavy atom. The van der Waals surface area contributed by atoms with Gasteiger partial charge in [-0.15, -0.1) is 0 Å². The van der Waals surface area contributed by atoms with E-state index in [4.69, 9.17) is 4.74 Å². The number of esters is 1. The maximum absolute atomic E-state index is 13.6. The summed E-state index contributed by atoms with van der Waals surface area (Å²) >= 11 is 0. The zero-order valence-electron chi connectivity index (χ0n) is 15.8. The van der Waals surface area contributed by atoms with Gasteiger partial charge in [-0.3, -0.25) is 4.79 Å². The van der Waals surface area contributed by atoms with Crippen molar-refractivity contribution in [3.8, 4) is 0 Å². The second-order valence-corrected chi connectivity index (χ2v) is 9.00. The van der Waals surface area contributed by atoms with Crippen LogP contribution in [0, 0.1) is 11.2 Å². The van der Waals surface area contributed by atoms with Crippen LogP contribution in [0.2, 0.25) is 0 Å². The van der Waals surface area contributed by atoms with Crippen molar-refractivity contribution in [2.24, 2.45) is 5.41 Å². The quantitative estimate of drug-likeness (QED) is 0.691. The number of nitrogens with zero attached hydrogens (tertiary/aromatic N) is 1. The molecule has 0 aromatic heterocycles. The molecule has 0 bridgehead atoms. The Hall–Kier alpha value is -2.25. The van der Waals surface area contributed by atoms with Gasteiger partial charge >= 0.3 is 5.97 Å². The third-order valence-corrected chi connectivity index (χ3v) is 6.91. The Morgan fingerprint density at radius 2 is 1.93 bits per heavy atom. The van der Waals surface area contributed by atoms with E-state index in [0.29, 0.717) is 19.3 Å². The maximum Gasteiger partial charge on any atom is 0.313 e. The lowest BCUT2D eigenvalue weighted by molar-refractivity contribution is -0.157. The zero-order chi connectivity index (χ0) is 20.2. The minimum absolute atomic E-state index is 0.0135. The highest BCUT2D eigenvalue weighted by Crippen LogP contribution is 2.37. The molecule has 2 aromatic carbocycles. The molecular weight excluding hydrogens is 381 g/mol. The molecule has 0 amide bonds. The maximum atomic E-state index is 13.6. The van der Waals surface area contributed by atoms with Gasteiger partial charge in [-0.2, -0.15) is 4.31 Å². The van der Waals surface area contributed by atoms with Gasteiger partial charge in [0.25, 0.3) is 0 Å². The van der Waals surface area contributed by atoms with Gasteiger partial charge in [-0.05, 0) is 49.9 Å². The van der Waals surface area contributed by atoms with E-state index < -0.39 is 27.2 Å². The van der Waals surface area contributed by atoms with E-state index in [-0.39, 0.29) is 24.6 Å². The van der Waals surface area contributed by atoms with E-state index >= 15 is 0 Å². The molecule has 1 heterocycles. The van der Waals surface area contributed by atoms with Gasteiger partial charge in [0.05, 0.1) is 16.9 Å². The van der Waals surface area contributed by atoms with Crippen molar-refractivity contribution >= 4 is 16.0 Å². The number of piperidine rings is 1. The number of carbonyl (C=O) groups is 1. The van der Waals surface area contributed by atoms with Crippen LogP contribution >= 0.6 is 0 Å². The molecule has 0 unspecified atom stereocenters. The Labute approximate surface area is 165 Å². The zero-order valence-corrected chi connectivity index (χ0v) is 16.6. The Morgan fingerprint density at radius 3 is 2.61 bits per heavy atom. The lowest BCUT2D eigenvalue weighted by atomic mass is 9.75. The lowest BCUT2D eigenvalue weighted by Gasteiger charge is -2.40. The highest BCUT2D eigenvalue weighted by atomic mass is 32.2. The van der Waals surface area contributed by atoms with Crippen LogP contribution in [0.25, 0.3) is 0 Å². The predicted octanol–water partition coefficient (Wildman–Crippen LogP) is 3.40. The fourth-order valence-corrected chi connectivity index (χ4v) is 5.32. The third kappa shape index (κ3) is 4.25. The van der Waals surface area contributed by atoms with Crippen LogP contribution in [0.15, 0.2) is 59.5 Å². The number of ether oxygens (including phenoxy) is 1. The summed E-state index contributed by atoms with van der Waals surface area (Å²) in [5, 5.41) is 0. The average molecular weight is 405 g/mol. The standard InChI is InChI=1S/C21H24FNO4S/c1-2-27-20(24)21(15-17-8-4-3-5-9-17)12-7-13-23(16-21)28(25,26)19-11-6-10-18(22)14-19/h3-6,8-11,14H,2,7,12-13,15-16H2,1H3/t21-/m1/s1. The fourth-order valence-electron chi connectivity index (χ4n) is 3.73. The van der Waals surface area contributed by atoms with Crippen molar-refractivity contribution in [1.82, 2.24) is 4.31 Å². The summed E-state index contributed by atoms with van der Waals surface area (Å²) in [6.07, 6.45) is 1.46. The summed E-state index contributed by atoms with van der Waals surface area (Å²) in [5.74, 6) is -1.00. The largest absolute Gasteiger partial charge is 0.466 e. The molecule has 1 fully saturated rings. The number of benzene rings is 2. The number of halogens is 1. The SMILES string of the molecule is CCOC(=O)[C@@]1(Cc2ccccc2)CCCN(S(=O)(=O)c2cccc(F)c2)C1. The second-order valence-electron chi connectivity index (χ2n) is 7.06. The molecule has 0 radical (unpaired) electrons. The lowest BCUT2D eigenvalue weighted by Crippen LogP contribution is -2.51. The molecule has 0 N–H and O–H groups in total. The Kier molecular flexibility index (Phi) is 6.15. The number of hydrogen-bond acceptors (Lipinski definition) is 4. The molecule has 1 aliphatic rings. The molecule has 2 aromatic rings. The normalized spacial score (nSPS) is 20.6. The van der Waals surface area contributed by atoms with Crippen LogP contribution in [-0.2, 0) is 26.0 Å². The molecule has 150 valence electrons. The van der Waals surface area contributed by atoms with Crippen molar-refractivity contribution < 1.29 is 22.3 Å². The molecule has 0 spiro atoms. The summed E-state index contributed by atoms with van der Waals surface area (Å²) in [4.78, 5) is 12.8. The molecule has 1 aliphatic heterocycles. The summed E-state index contributed by atoms with van der Waals surface area (Å²) < 4.78 is 46.3. The van der Waals surface area contributed by atoms with E-state index in [9.17, 15) is 17.6 Å². The van der Waals surface area contributed by atoms with Gasteiger partial charge in [0, 0.05) is 13.1 Å². The van der Waals surface area contributed by atoms with E-state index in [1.165, 1.54) is 22.5 Å². The molecule has 0 aliphatic carbocycles. The highest BCUT2D eigenvalue weighted by Gasteiger charge is 2.46. The molecule has 3 rings (SSSR count). The van der Waals surface area contributed by atoms with E-state index in [2.05, 4.69) is 0 Å². The number of rotatable bonds is 6. The summed E-state index contributed by atoms with van der Waals surface area (Å²) in [5.41, 5.74) is -0.0173. The van der Waals surface area contributed by atoms with Gasteiger partial charge in [-0.25, -0.2) is 12.8 Å². The van der Waals surface area contributed by atoms with Crippen LogP contribution in [-0.4, -0.2) is 38.4 Å². The van der Waals surface area contributed by atoms with Gasteiger partial charge < -0.3 is 4.74 Å². The van der Waals surface area contributed by atoms with Crippen LogP contribution in [0.1, 0.15) is 25.3 Å². The number of hydrogen-bond donors (Lipinski definition) is 0. The van der Waals surface area contributed by atoms with Crippen molar-refractivity contribution in [1.29, 1.82) is 0 Å². The van der Waals surface area contributed by atoms with Crippen molar-refractivity contribution in [3.05, 3.63) is 66.0 Å². The van der Waals surface area contributed by atoms with Gasteiger partial charge in [0.2, 0.25) is 10.0 Å². The first-order chi connectivity index (χ1) is 13.4. The number of carbonyl (C=O) groups excluding carboxylic acids is 1. The first-order valence-electron chi connectivity index (χ1n) is 9.34. The van der Waals surface area contributed by atoms with Crippen LogP contribution in [0.5, 0.6) is 0 Å². The summed E-state index contributed by atoms with van der Waals surface area (Å²) in [6, 6.07) is 14.5. The van der Waals surface area contributed by atoms with Crippen molar-refractivity contribution in [2.45, 2.75) is 31.1 Å². The van der Waals surface area contributed by atoms with Crippen LogP contribution in [0.3, 0.4) is 0 Å². The molecule has 0 saturated carbocycles. The van der Waals surface area contributed by atoms with Gasteiger partial charge in [-0.1, -0.05) is 36.4 Å². The van der Waals surface area contributed by atoms with E-state index in [1.807, 2.05) is 30.3 Å². The van der Waals surface area contributed by atoms with Gasteiger partial charge in [0.15, 0.2) is 0 Å². The first kappa shape index (κ1) is 20.5. The third-order valence-electron chi connectivity index (χ3n) is 5.07. The molecule has 7 heteroatoms. The molecule has 5 nitrogen and oxygen atoms in total. The minimum Gasteiger partial charge on any atom is -0.466 e. The molecule has 1 saturated heterocycles. The van der Waals surface area contributed by atoms with E-state index in [1.54, 1.807) is 6.92 Å². The Bertz CT molecular complexity index is 932. The molecular formula is C21H24FNO4S. The highest BCUT2D eigenvalue weighted by molar-refractivity contribution is 7.89. The molecule has 1 atom stereocenters. The first-order valence-corrected chi connectivity index (χ1v) is 10.8. The Balaban J connectivity index is 1.94. The van der Waals surface area contributed by atoms with Crippen molar-refractivity contribution in [3.63, 3.8) is 0 Å². The minimum atomic E-state index is -3.91. The monoisotopic (exact) mass is 405 g/mol. The predicted molar refractivity (Wildman–Crippen MR) is 104 cm³/mol. The second kappa shape index (κ2) is 8.41. The van der Waals surface area contributed by atoms with Crippen LogP contribution in [0.4, 0.5) is 4.39 Å². The summed E-state index contributed by atoms with van der Waals surface area (Å²) in [6.45, 7) is 2.26. The average Bonchev–Trinajstić information content (AvgIpc) is 2.69. The molecule has 28 heavy (non-hydrogen) atoms.